The molecular formula is C17H24N2O8. The maximum Gasteiger partial charge on any atom is 0.334 e. The molecule has 2 amide bonds. The van der Waals surface area contributed by atoms with Crippen LogP contribution in [0.5, 0.6) is 0 Å². The average molecular weight is 384 g/mol. The van der Waals surface area contributed by atoms with Crippen molar-refractivity contribution < 1.29 is 38.1 Å². The van der Waals surface area contributed by atoms with Crippen LogP contribution in [0.3, 0.4) is 0 Å². The Kier molecular flexibility index (Phi) is 8.21. The van der Waals surface area contributed by atoms with Gasteiger partial charge in [-0.25, -0.2) is 9.59 Å². The number of hydrogen-bond acceptors (Lipinski definition) is 8. The van der Waals surface area contributed by atoms with Gasteiger partial charge in [-0.05, 0) is 6.92 Å². The Morgan fingerprint density at radius 2 is 1.26 bits per heavy atom. The Morgan fingerprint density at radius 1 is 0.815 bits per heavy atom. The zero-order valence-electron chi connectivity index (χ0n) is 15.3. The van der Waals surface area contributed by atoms with Crippen molar-refractivity contribution in [2.75, 3.05) is 65.8 Å². The predicted octanol–water partition coefficient (Wildman–Crippen LogP) is -1.26. The fourth-order valence-corrected chi connectivity index (χ4v) is 2.46. The molecule has 150 valence electrons. The van der Waals surface area contributed by atoms with Crippen LogP contribution in [0, 0.1) is 0 Å². The van der Waals surface area contributed by atoms with Crippen molar-refractivity contribution in [3.8, 4) is 0 Å². The van der Waals surface area contributed by atoms with Crippen LogP contribution in [0.4, 0.5) is 0 Å². The van der Waals surface area contributed by atoms with E-state index in [4.69, 9.17) is 18.9 Å². The first kappa shape index (κ1) is 20.8. The van der Waals surface area contributed by atoms with Crippen molar-refractivity contribution in [3.05, 3.63) is 11.6 Å². The molecule has 0 aromatic rings. The Morgan fingerprint density at radius 3 is 1.74 bits per heavy atom. The van der Waals surface area contributed by atoms with Gasteiger partial charge in [0.2, 0.25) is 0 Å². The van der Waals surface area contributed by atoms with Crippen LogP contribution in [0.1, 0.15) is 6.92 Å². The van der Waals surface area contributed by atoms with E-state index in [1.807, 2.05) is 0 Å². The van der Waals surface area contributed by atoms with Gasteiger partial charge in [-0.1, -0.05) is 0 Å². The molecule has 2 aliphatic rings. The molecule has 2 rings (SSSR count). The average Bonchev–Trinajstić information content (AvgIpc) is 2.71. The van der Waals surface area contributed by atoms with Crippen LogP contribution < -0.4 is 0 Å². The zero-order valence-corrected chi connectivity index (χ0v) is 15.3. The minimum absolute atomic E-state index is 0.0198. The number of nitrogens with zero attached hydrogens (tertiary/aromatic N) is 2. The number of ether oxygens (including phenoxy) is 4. The van der Waals surface area contributed by atoms with E-state index in [-0.39, 0.29) is 17.4 Å². The summed E-state index contributed by atoms with van der Waals surface area (Å²) in [4.78, 5) is 50.5. The van der Waals surface area contributed by atoms with Crippen molar-refractivity contribution in [2.45, 2.75) is 6.92 Å². The van der Waals surface area contributed by atoms with Crippen LogP contribution in [0.25, 0.3) is 0 Å². The topological polar surface area (TPSA) is 112 Å². The first-order chi connectivity index (χ1) is 13.0. The lowest BCUT2D eigenvalue weighted by Gasteiger charge is -2.26. The molecule has 0 saturated carbocycles. The number of rotatable bonds is 6. The molecule has 2 heterocycles. The standard InChI is InChI=1S/C17H24N2O8/c1-13(17(23)27-12-15(21)19-4-8-25-9-5-19)10-16(22)26-11-14(20)18-2-6-24-7-3-18/h10H,2-9,11-12H2,1H3. The summed E-state index contributed by atoms with van der Waals surface area (Å²) in [5.41, 5.74) is -0.0198. The van der Waals surface area contributed by atoms with Gasteiger partial charge in [-0.2, -0.15) is 0 Å². The van der Waals surface area contributed by atoms with Gasteiger partial charge < -0.3 is 28.7 Å². The van der Waals surface area contributed by atoms with Crippen LogP contribution in [0.2, 0.25) is 0 Å². The maximum absolute atomic E-state index is 11.9. The second kappa shape index (κ2) is 10.6. The number of carbonyl (C=O) groups is 4. The summed E-state index contributed by atoms with van der Waals surface area (Å²) in [6.45, 7) is 4.17. The SMILES string of the molecule is CC(=CC(=O)OCC(=O)N1CCOCC1)C(=O)OCC(=O)N1CCOCC1. The molecule has 0 radical (unpaired) electrons. The second-order valence-electron chi connectivity index (χ2n) is 6.00. The molecule has 2 aliphatic heterocycles. The van der Waals surface area contributed by atoms with E-state index in [1.165, 1.54) is 6.92 Å². The molecule has 10 heteroatoms. The number of morpholine rings is 2. The summed E-state index contributed by atoms with van der Waals surface area (Å²) in [5.74, 6) is -2.27. The third-order valence-electron chi connectivity index (χ3n) is 4.05. The van der Waals surface area contributed by atoms with Crippen LogP contribution in [-0.2, 0) is 38.1 Å². The molecule has 0 bridgehead atoms. The molecule has 0 atom stereocenters. The van der Waals surface area contributed by atoms with Gasteiger partial charge in [0.15, 0.2) is 13.2 Å². The molecular weight excluding hydrogens is 360 g/mol. The third-order valence-corrected chi connectivity index (χ3v) is 4.05. The molecule has 0 aromatic heterocycles. The fraction of sp³-hybridized carbons (Fsp3) is 0.647. The van der Waals surface area contributed by atoms with Crippen molar-refractivity contribution >= 4 is 23.8 Å². The molecule has 0 aromatic carbocycles. The Labute approximate surface area is 156 Å². The van der Waals surface area contributed by atoms with E-state index in [2.05, 4.69) is 0 Å². The summed E-state index contributed by atoms with van der Waals surface area (Å²) in [7, 11) is 0. The summed E-state index contributed by atoms with van der Waals surface area (Å²) in [6, 6.07) is 0. The monoisotopic (exact) mass is 384 g/mol. The van der Waals surface area contributed by atoms with Gasteiger partial charge in [0, 0.05) is 37.8 Å². The highest BCUT2D eigenvalue weighted by Crippen LogP contribution is 2.02. The van der Waals surface area contributed by atoms with Crippen molar-refractivity contribution in [1.29, 1.82) is 0 Å². The molecule has 2 fully saturated rings. The molecule has 0 unspecified atom stereocenters. The highest BCUT2D eigenvalue weighted by atomic mass is 16.5. The molecule has 27 heavy (non-hydrogen) atoms. The zero-order chi connectivity index (χ0) is 19.6. The summed E-state index contributed by atoms with van der Waals surface area (Å²) < 4.78 is 20.0. The molecule has 0 spiro atoms. The Balaban J connectivity index is 1.70. The summed E-state index contributed by atoms with van der Waals surface area (Å²) in [6.07, 6.45) is 0.939. The Hall–Kier alpha value is -2.46. The van der Waals surface area contributed by atoms with E-state index in [1.54, 1.807) is 9.80 Å². The molecule has 0 N–H and O–H groups in total. The smallest absolute Gasteiger partial charge is 0.334 e. The van der Waals surface area contributed by atoms with Gasteiger partial charge in [0.25, 0.3) is 11.8 Å². The van der Waals surface area contributed by atoms with Gasteiger partial charge in [-0.15, -0.1) is 0 Å². The largest absolute Gasteiger partial charge is 0.452 e. The molecule has 10 nitrogen and oxygen atoms in total. The highest BCUT2D eigenvalue weighted by molar-refractivity contribution is 5.97. The van der Waals surface area contributed by atoms with Crippen LogP contribution in [-0.4, -0.2) is 99.4 Å². The lowest BCUT2D eigenvalue weighted by Crippen LogP contribution is -2.42. The van der Waals surface area contributed by atoms with E-state index in [0.717, 1.165) is 6.08 Å². The predicted molar refractivity (Wildman–Crippen MR) is 90.5 cm³/mol. The third kappa shape index (κ3) is 6.99. The normalized spacial score (nSPS) is 18.0. The van der Waals surface area contributed by atoms with Gasteiger partial charge in [0.05, 0.1) is 26.4 Å². The van der Waals surface area contributed by atoms with Crippen molar-refractivity contribution in [2.24, 2.45) is 0 Å². The summed E-state index contributed by atoms with van der Waals surface area (Å²) in [5, 5.41) is 0. The number of esters is 2. The quantitative estimate of drug-likeness (QED) is 0.412. The molecule has 2 saturated heterocycles. The first-order valence-corrected chi connectivity index (χ1v) is 8.70. The van der Waals surface area contributed by atoms with Crippen molar-refractivity contribution in [1.82, 2.24) is 9.80 Å². The van der Waals surface area contributed by atoms with Gasteiger partial charge in [0.1, 0.15) is 0 Å². The first-order valence-electron chi connectivity index (χ1n) is 8.70. The molecule has 0 aliphatic carbocycles. The minimum Gasteiger partial charge on any atom is -0.452 e. The fourth-order valence-electron chi connectivity index (χ4n) is 2.46. The van der Waals surface area contributed by atoms with Crippen LogP contribution >= 0.6 is 0 Å². The van der Waals surface area contributed by atoms with E-state index < -0.39 is 25.2 Å². The lowest BCUT2D eigenvalue weighted by molar-refractivity contribution is -0.151. The minimum atomic E-state index is -0.828. The number of carbonyl (C=O) groups excluding carboxylic acids is 4. The Bertz CT molecular complexity index is 592. The van der Waals surface area contributed by atoms with Gasteiger partial charge in [-0.3, -0.25) is 9.59 Å². The number of amides is 2. The summed E-state index contributed by atoms with van der Waals surface area (Å²) >= 11 is 0. The van der Waals surface area contributed by atoms with Crippen molar-refractivity contribution in [3.63, 3.8) is 0 Å². The number of hydrogen-bond donors (Lipinski definition) is 0. The lowest BCUT2D eigenvalue weighted by atomic mass is 10.3. The maximum atomic E-state index is 11.9. The van der Waals surface area contributed by atoms with E-state index in [9.17, 15) is 19.2 Å². The van der Waals surface area contributed by atoms with Crippen LogP contribution in [0.15, 0.2) is 11.6 Å². The second-order valence-corrected chi connectivity index (χ2v) is 6.00. The van der Waals surface area contributed by atoms with Gasteiger partial charge >= 0.3 is 11.9 Å². The highest BCUT2D eigenvalue weighted by Gasteiger charge is 2.20. The van der Waals surface area contributed by atoms with E-state index >= 15 is 0 Å². The van der Waals surface area contributed by atoms with E-state index in [0.29, 0.717) is 52.6 Å².